The van der Waals surface area contributed by atoms with E-state index in [4.69, 9.17) is 14.9 Å². The summed E-state index contributed by atoms with van der Waals surface area (Å²) in [7, 11) is 0. The van der Waals surface area contributed by atoms with E-state index >= 15 is 0 Å². The minimum Gasteiger partial charge on any atom is -0.492 e. The molecule has 0 aliphatic rings. The van der Waals surface area contributed by atoms with E-state index in [0.717, 1.165) is 6.42 Å². The van der Waals surface area contributed by atoms with Crippen LogP contribution in [0.25, 0.3) is 0 Å². The van der Waals surface area contributed by atoms with E-state index in [0.29, 0.717) is 18.1 Å². The Labute approximate surface area is 82.7 Å². The number of aryl methyl sites for hydroxylation is 1. The van der Waals surface area contributed by atoms with Crippen molar-refractivity contribution < 1.29 is 9.15 Å². The van der Waals surface area contributed by atoms with E-state index in [1.54, 1.807) is 13.0 Å². The molecule has 0 amide bonds. The molecular weight excluding hydrogens is 182 g/mol. The maximum atomic E-state index is 10.9. The highest BCUT2D eigenvalue weighted by Gasteiger charge is 2.02. The standard InChI is InChI=1S/C10H15NO3/c1-3-8(11)6-13-9-4-7(2)14-10(12)5-9/h4-5,8H,3,6,11H2,1-2H3. The number of hydrogen-bond acceptors (Lipinski definition) is 4. The van der Waals surface area contributed by atoms with Gasteiger partial charge in [0, 0.05) is 12.1 Å². The second kappa shape index (κ2) is 4.81. The molecule has 14 heavy (non-hydrogen) atoms. The highest BCUT2D eigenvalue weighted by atomic mass is 16.5. The van der Waals surface area contributed by atoms with E-state index < -0.39 is 5.63 Å². The van der Waals surface area contributed by atoms with Gasteiger partial charge in [-0.25, -0.2) is 4.79 Å². The zero-order valence-corrected chi connectivity index (χ0v) is 8.45. The van der Waals surface area contributed by atoms with Crippen LogP contribution in [-0.4, -0.2) is 12.6 Å². The van der Waals surface area contributed by atoms with Crippen LogP contribution in [-0.2, 0) is 0 Å². The van der Waals surface area contributed by atoms with Gasteiger partial charge < -0.3 is 14.9 Å². The van der Waals surface area contributed by atoms with Crippen LogP contribution in [0.5, 0.6) is 5.75 Å². The smallest absolute Gasteiger partial charge is 0.339 e. The van der Waals surface area contributed by atoms with E-state index in [9.17, 15) is 4.79 Å². The first-order valence-corrected chi connectivity index (χ1v) is 4.62. The molecule has 0 radical (unpaired) electrons. The highest BCUT2D eigenvalue weighted by Crippen LogP contribution is 2.09. The summed E-state index contributed by atoms with van der Waals surface area (Å²) in [4.78, 5) is 10.9. The van der Waals surface area contributed by atoms with E-state index in [1.807, 2.05) is 6.92 Å². The minimum atomic E-state index is -0.398. The summed E-state index contributed by atoms with van der Waals surface area (Å²) in [6.07, 6.45) is 0.848. The lowest BCUT2D eigenvalue weighted by molar-refractivity contribution is 0.281. The average Bonchev–Trinajstić information content (AvgIpc) is 2.12. The van der Waals surface area contributed by atoms with Crippen molar-refractivity contribution in [3.8, 4) is 5.75 Å². The van der Waals surface area contributed by atoms with Crippen LogP contribution in [0.4, 0.5) is 0 Å². The quantitative estimate of drug-likeness (QED) is 0.783. The van der Waals surface area contributed by atoms with Gasteiger partial charge in [-0.1, -0.05) is 6.92 Å². The van der Waals surface area contributed by atoms with Gasteiger partial charge in [-0.3, -0.25) is 0 Å². The summed E-state index contributed by atoms with van der Waals surface area (Å²) in [5.74, 6) is 1.06. The lowest BCUT2D eigenvalue weighted by Crippen LogP contribution is -2.26. The van der Waals surface area contributed by atoms with E-state index in [2.05, 4.69) is 0 Å². The summed E-state index contributed by atoms with van der Waals surface area (Å²) >= 11 is 0. The third kappa shape index (κ3) is 3.22. The number of rotatable bonds is 4. The maximum Gasteiger partial charge on any atom is 0.339 e. The lowest BCUT2D eigenvalue weighted by atomic mass is 10.3. The first-order chi connectivity index (χ1) is 6.61. The molecule has 0 aromatic carbocycles. The second-order valence-electron chi connectivity index (χ2n) is 3.20. The molecule has 1 atom stereocenters. The van der Waals surface area contributed by atoms with Gasteiger partial charge >= 0.3 is 5.63 Å². The van der Waals surface area contributed by atoms with Crippen LogP contribution >= 0.6 is 0 Å². The molecule has 4 nitrogen and oxygen atoms in total. The highest BCUT2D eigenvalue weighted by molar-refractivity contribution is 5.19. The molecule has 0 spiro atoms. The molecular formula is C10H15NO3. The predicted molar refractivity (Wildman–Crippen MR) is 53.5 cm³/mol. The zero-order valence-electron chi connectivity index (χ0n) is 8.45. The average molecular weight is 197 g/mol. The Hall–Kier alpha value is -1.29. The van der Waals surface area contributed by atoms with Gasteiger partial charge in [-0.15, -0.1) is 0 Å². The first kappa shape index (κ1) is 10.8. The van der Waals surface area contributed by atoms with Crippen molar-refractivity contribution in [2.45, 2.75) is 26.3 Å². The molecule has 0 bridgehead atoms. The molecule has 0 saturated carbocycles. The van der Waals surface area contributed by atoms with Crippen LogP contribution in [0.15, 0.2) is 21.3 Å². The fraction of sp³-hybridized carbons (Fsp3) is 0.500. The van der Waals surface area contributed by atoms with E-state index in [-0.39, 0.29) is 6.04 Å². The van der Waals surface area contributed by atoms with Gasteiger partial charge in [0.2, 0.25) is 0 Å². The fourth-order valence-electron chi connectivity index (χ4n) is 0.980. The molecule has 1 unspecified atom stereocenters. The fourth-order valence-corrected chi connectivity index (χ4v) is 0.980. The van der Waals surface area contributed by atoms with Crippen LogP contribution in [0, 0.1) is 6.92 Å². The molecule has 2 N–H and O–H groups in total. The van der Waals surface area contributed by atoms with Gasteiger partial charge in [-0.05, 0) is 13.3 Å². The Morgan fingerprint density at radius 2 is 2.29 bits per heavy atom. The van der Waals surface area contributed by atoms with Crippen LogP contribution in [0.1, 0.15) is 19.1 Å². The molecule has 0 saturated heterocycles. The van der Waals surface area contributed by atoms with Gasteiger partial charge in [0.05, 0.1) is 6.07 Å². The molecule has 1 aromatic rings. The summed E-state index contributed by atoms with van der Waals surface area (Å²) in [6, 6.07) is 2.99. The Bertz CT molecular complexity index is 345. The SMILES string of the molecule is CCC(N)COc1cc(C)oc(=O)c1. The van der Waals surface area contributed by atoms with Crippen LogP contribution in [0.3, 0.4) is 0 Å². The van der Waals surface area contributed by atoms with Crippen LogP contribution in [0.2, 0.25) is 0 Å². The minimum absolute atomic E-state index is 0.00236. The molecule has 0 aliphatic carbocycles. The molecule has 1 aromatic heterocycles. The molecule has 1 heterocycles. The first-order valence-electron chi connectivity index (χ1n) is 4.62. The van der Waals surface area contributed by atoms with Crippen molar-refractivity contribution in [3.05, 3.63) is 28.3 Å². The number of nitrogens with two attached hydrogens (primary N) is 1. The normalized spacial score (nSPS) is 12.5. The Kier molecular flexibility index (Phi) is 3.71. The molecule has 1 rings (SSSR count). The molecule has 78 valence electrons. The van der Waals surface area contributed by atoms with Gasteiger partial charge in [0.1, 0.15) is 18.1 Å². The van der Waals surface area contributed by atoms with Gasteiger partial charge in [0.25, 0.3) is 0 Å². The zero-order chi connectivity index (χ0) is 10.6. The Morgan fingerprint density at radius 3 is 2.86 bits per heavy atom. The second-order valence-corrected chi connectivity index (χ2v) is 3.20. The monoisotopic (exact) mass is 197 g/mol. The summed E-state index contributed by atoms with van der Waals surface area (Å²) in [5.41, 5.74) is 5.27. The molecule has 0 aliphatic heterocycles. The third-order valence-corrected chi connectivity index (χ3v) is 1.86. The number of ether oxygens (including phenoxy) is 1. The van der Waals surface area contributed by atoms with E-state index in [1.165, 1.54) is 6.07 Å². The lowest BCUT2D eigenvalue weighted by Gasteiger charge is -2.10. The summed E-state index contributed by atoms with van der Waals surface area (Å²) < 4.78 is 10.1. The molecule has 4 heteroatoms. The summed E-state index contributed by atoms with van der Waals surface area (Å²) in [5, 5.41) is 0. The third-order valence-electron chi connectivity index (χ3n) is 1.86. The molecule has 0 fully saturated rings. The largest absolute Gasteiger partial charge is 0.492 e. The maximum absolute atomic E-state index is 10.9. The van der Waals surface area contributed by atoms with Crippen molar-refractivity contribution in [1.29, 1.82) is 0 Å². The number of hydrogen-bond donors (Lipinski definition) is 1. The van der Waals surface area contributed by atoms with Gasteiger partial charge in [-0.2, -0.15) is 0 Å². The topological polar surface area (TPSA) is 65.5 Å². The van der Waals surface area contributed by atoms with Crippen molar-refractivity contribution in [1.82, 2.24) is 0 Å². The Morgan fingerprint density at radius 1 is 1.57 bits per heavy atom. The summed E-state index contributed by atoms with van der Waals surface area (Å²) in [6.45, 7) is 4.10. The van der Waals surface area contributed by atoms with Crippen molar-refractivity contribution in [3.63, 3.8) is 0 Å². The van der Waals surface area contributed by atoms with Crippen molar-refractivity contribution >= 4 is 0 Å². The van der Waals surface area contributed by atoms with Crippen molar-refractivity contribution in [2.75, 3.05) is 6.61 Å². The van der Waals surface area contributed by atoms with Crippen molar-refractivity contribution in [2.24, 2.45) is 5.73 Å². The van der Waals surface area contributed by atoms with Gasteiger partial charge in [0.15, 0.2) is 0 Å². The predicted octanol–water partition coefficient (Wildman–Crippen LogP) is 1.06. The van der Waals surface area contributed by atoms with Crippen LogP contribution < -0.4 is 16.1 Å². The Balaban J connectivity index is 2.63.